The van der Waals surface area contributed by atoms with Gasteiger partial charge in [0, 0.05) is 13.2 Å². The summed E-state index contributed by atoms with van der Waals surface area (Å²) in [6.45, 7) is 9.29. The molecule has 21 heavy (non-hydrogen) atoms. The molecular formula is C18H39AlO2. The van der Waals surface area contributed by atoms with Gasteiger partial charge in [0.05, 0.1) is 6.61 Å². The van der Waals surface area contributed by atoms with Crippen LogP contribution in [0.25, 0.3) is 0 Å². The summed E-state index contributed by atoms with van der Waals surface area (Å²) in [7, 11) is 0. The highest BCUT2D eigenvalue weighted by Crippen LogP contribution is 2.10. The third-order valence-corrected chi connectivity index (χ3v) is 6.66. The van der Waals surface area contributed by atoms with Crippen LogP contribution >= 0.6 is 0 Å². The molecule has 3 heteroatoms. The molecule has 0 bridgehead atoms. The van der Waals surface area contributed by atoms with E-state index in [1.807, 2.05) is 0 Å². The Balaban J connectivity index is 3.02. The predicted molar refractivity (Wildman–Crippen MR) is 95.3 cm³/mol. The second-order valence-corrected chi connectivity index (χ2v) is 9.31. The first kappa shape index (κ1) is 21.5. The van der Waals surface area contributed by atoms with Crippen LogP contribution in [-0.4, -0.2) is 34.3 Å². The fourth-order valence-electron chi connectivity index (χ4n) is 2.59. The SMILES string of the molecule is CCCCCCCCCCCCOCC[O][Al]([CH2]C)[CH2]C. The maximum Gasteiger partial charge on any atom is 0.460 e. The Labute approximate surface area is 138 Å². The molecule has 0 aromatic rings. The van der Waals surface area contributed by atoms with Gasteiger partial charge in [-0.25, -0.2) is 0 Å². The van der Waals surface area contributed by atoms with Crippen LogP contribution in [0.1, 0.15) is 85.0 Å². The van der Waals surface area contributed by atoms with E-state index in [1.165, 1.54) is 74.8 Å². The second kappa shape index (κ2) is 18.5. The van der Waals surface area contributed by atoms with Crippen LogP contribution < -0.4 is 0 Å². The van der Waals surface area contributed by atoms with Crippen molar-refractivity contribution in [3.05, 3.63) is 0 Å². The van der Waals surface area contributed by atoms with Crippen molar-refractivity contribution in [2.24, 2.45) is 0 Å². The van der Waals surface area contributed by atoms with E-state index in [1.54, 1.807) is 0 Å². The summed E-state index contributed by atoms with van der Waals surface area (Å²) in [6.07, 6.45) is 13.9. The van der Waals surface area contributed by atoms with Gasteiger partial charge >= 0.3 is 14.5 Å². The summed E-state index contributed by atoms with van der Waals surface area (Å²) >= 11 is -0.861. The Morgan fingerprint density at radius 1 is 0.571 bits per heavy atom. The first-order chi connectivity index (χ1) is 10.3. The van der Waals surface area contributed by atoms with Crippen LogP contribution in [0.2, 0.25) is 10.6 Å². The average Bonchev–Trinajstić information content (AvgIpc) is 2.51. The van der Waals surface area contributed by atoms with E-state index < -0.39 is 14.5 Å². The van der Waals surface area contributed by atoms with Crippen LogP contribution in [-0.2, 0) is 8.53 Å². The molecule has 0 aliphatic rings. The van der Waals surface area contributed by atoms with E-state index in [-0.39, 0.29) is 0 Å². The predicted octanol–water partition coefficient (Wildman–Crippen LogP) is 5.97. The van der Waals surface area contributed by atoms with E-state index in [2.05, 4.69) is 20.8 Å². The van der Waals surface area contributed by atoms with E-state index in [0.717, 1.165) is 19.8 Å². The highest BCUT2D eigenvalue weighted by molar-refractivity contribution is 6.51. The smallest absolute Gasteiger partial charge is 0.460 e. The zero-order chi connectivity index (χ0) is 15.6. The summed E-state index contributed by atoms with van der Waals surface area (Å²) < 4.78 is 11.5. The van der Waals surface area contributed by atoms with Gasteiger partial charge in [-0.1, -0.05) is 89.1 Å². The summed E-state index contributed by atoms with van der Waals surface area (Å²) in [6, 6.07) is 0. The summed E-state index contributed by atoms with van der Waals surface area (Å²) in [5, 5.41) is 2.49. The molecule has 0 radical (unpaired) electrons. The number of hydrogen-bond donors (Lipinski definition) is 0. The van der Waals surface area contributed by atoms with Gasteiger partial charge in [-0.05, 0) is 6.42 Å². The number of unbranched alkanes of at least 4 members (excludes halogenated alkanes) is 9. The minimum atomic E-state index is -0.861. The molecule has 0 heterocycles. The van der Waals surface area contributed by atoms with E-state index in [4.69, 9.17) is 8.53 Å². The van der Waals surface area contributed by atoms with Crippen LogP contribution in [0, 0.1) is 0 Å². The molecule has 0 aromatic heterocycles. The fourth-order valence-corrected chi connectivity index (χ4v) is 4.07. The number of rotatable bonds is 17. The quantitative estimate of drug-likeness (QED) is 0.243. The zero-order valence-corrected chi connectivity index (χ0v) is 16.2. The van der Waals surface area contributed by atoms with Gasteiger partial charge in [0.15, 0.2) is 0 Å². The Morgan fingerprint density at radius 3 is 1.62 bits per heavy atom. The monoisotopic (exact) mass is 314 g/mol. The molecule has 0 rings (SSSR count). The number of hydrogen-bond acceptors (Lipinski definition) is 2. The summed E-state index contributed by atoms with van der Waals surface area (Å²) in [5.41, 5.74) is 0. The molecule has 0 saturated carbocycles. The van der Waals surface area contributed by atoms with Crippen LogP contribution in [0.5, 0.6) is 0 Å². The normalized spacial score (nSPS) is 11.0. The lowest BCUT2D eigenvalue weighted by Crippen LogP contribution is -2.18. The zero-order valence-electron chi connectivity index (χ0n) is 15.0. The van der Waals surface area contributed by atoms with Crippen molar-refractivity contribution in [3.8, 4) is 0 Å². The standard InChI is InChI=1S/C14H29O2.2C2H5.Al/c1-2-3-4-5-6-7-8-9-10-11-13-16-14-12-15;2*1-2;/h2-14H2,1H3;2*1H2,2H3;/q-1;;;+1. The van der Waals surface area contributed by atoms with Gasteiger partial charge in [-0.2, -0.15) is 0 Å². The second-order valence-electron chi connectivity index (χ2n) is 6.10. The average molecular weight is 314 g/mol. The highest BCUT2D eigenvalue weighted by atomic mass is 27.2. The Bertz CT molecular complexity index is 184. The molecule has 0 atom stereocenters. The highest BCUT2D eigenvalue weighted by Gasteiger charge is 2.13. The molecule has 0 saturated heterocycles. The van der Waals surface area contributed by atoms with Crippen LogP contribution in [0.4, 0.5) is 0 Å². The van der Waals surface area contributed by atoms with Gasteiger partial charge in [0.25, 0.3) is 0 Å². The molecule has 2 nitrogen and oxygen atoms in total. The molecular weight excluding hydrogens is 275 g/mol. The summed E-state index contributed by atoms with van der Waals surface area (Å²) in [4.78, 5) is 0. The Morgan fingerprint density at radius 2 is 1.10 bits per heavy atom. The van der Waals surface area contributed by atoms with E-state index in [0.29, 0.717) is 0 Å². The topological polar surface area (TPSA) is 18.5 Å². The first-order valence-electron chi connectivity index (χ1n) is 9.54. The molecule has 0 amide bonds. The molecule has 0 N–H and O–H groups in total. The molecule has 0 fully saturated rings. The van der Waals surface area contributed by atoms with Crippen molar-refractivity contribution in [2.45, 2.75) is 95.5 Å². The van der Waals surface area contributed by atoms with Crippen LogP contribution in [0.3, 0.4) is 0 Å². The lowest BCUT2D eigenvalue weighted by atomic mass is 10.1. The van der Waals surface area contributed by atoms with Crippen molar-refractivity contribution < 1.29 is 8.53 Å². The summed E-state index contributed by atoms with van der Waals surface area (Å²) in [5.74, 6) is 0. The molecule has 0 aliphatic carbocycles. The van der Waals surface area contributed by atoms with Gasteiger partial charge in [-0.15, -0.1) is 0 Å². The largest absolute Gasteiger partial charge is 0.499 e. The lowest BCUT2D eigenvalue weighted by molar-refractivity contribution is 0.0963. The Kier molecular flexibility index (Phi) is 18.9. The van der Waals surface area contributed by atoms with Gasteiger partial charge in [0.2, 0.25) is 0 Å². The van der Waals surface area contributed by atoms with Crippen molar-refractivity contribution in [3.63, 3.8) is 0 Å². The molecule has 126 valence electrons. The maximum atomic E-state index is 5.85. The van der Waals surface area contributed by atoms with Crippen molar-refractivity contribution >= 4 is 14.5 Å². The number of ether oxygens (including phenoxy) is 1. The molecule has 0 unspecified atom stereocenters. The molecule has 0 aliphatic heterocycles. The third kappa shape index (κ3) is 16.6. The van der Waals surface area contributed by atoms with E-state index >= 15 is 0 Å². The third-order valence-electron chi connectivity index (χ3n) is 4.13. The first-order valence-corrected chi connectivity index (χ1v) is 11.6. The van der Waals surface area contributed by atoms with Crippen molar-refractivity contribution in [2.75, 3.05) is 19.8 Å². The Hall–Kier alpha value is 0.452. The minimum Gasteiger partial charge on any atom is -0.499 e. The molecule has 0 aromatic carbocycles. The van der Waals surface area contributed by atoms with Crippen molar-refractivity contribution in [1.29, 1.82) is 0 Å². The van der Waals surface area contributed by atoms with Crippen LogP contribution in [0.15, 0.2) is 0 Å². The van der Waals surface area contributed by atoms with E-state index in [9.17, 15) is 0 Å². The fraction of sp³-hybridized carbons (Fsp3) is 1.00. The van der Waals surface area contributed by atoms with Gasteiger partial charge in [-0.3, -0.25) is 0 Å². The van der Waals surface area contributed by atoms with Gasteiger partial charge in [0.1, 0.15) is 0 Å². The minimum absolute atomic E-state index is 0.793. The van der Waals surface area contributed by atoms with Crippen molar-refractivity contribution in [1.82, 2.24) is 0 Å². The van der Waals surface area contributed by atoms with Gasteiger partial charge < -0.3 is 8.53 Å². The maximum absolute atomic E-state index is 5.85. The lowest BCUT2D eigenvalue weighted by Gasteiger charge is -2.10. The molecule has 0 spiro atoms.